The van der Waals surface area contributed by atoms with Crippen LogP contribution in [0.3, 0.4) is 0 Å². The van der Waals surface area contributed by atoms with Gasteiger partial charge >= 0.3 is 0 Å². The van der Waals surface area contributed by atoms with Gasteiger partial charge in [0.15, 0.2) is 11.5 Å². The van der Waals surface area contributed by atoms with E-state index in [0.29, 0.717) is 24.3 Å². The third-order valence-electron chi connectivity index (χ3n) is 5.49. The van der Waals surface area contributed by atoms with Gasteiger partial charge in [-0.25, -0.2) is 8.42 Å². The number of rotatable bonds is 6. The summed E-state index contributed by atoms with van der Waals surface area (Å²) in [6.45, 7) is 0. The van der Waals surface area contributed by atoms with Gasteiger partial charge in [0.1, 0.15) is 11.9 Å². The molecular formula is C20H24N2O5S. The molecular weight excluding hydrogens is 380 g/mol. The van der Waals surface area contributed by atoms with E-state index in [1.54, 1.807) is 28.8 Å². The Labute approximate surface area is 165 Å². The zero-order valence-corrected chi connectivity index (χ0v) is 16.8. The SMILES string of the molecule is COc1ccc(S(=O)(=O)N2C3CCC2CC(Oc2cccnc2)C3)cc1OC. The topological polar surface area (TPSA) is 78.0 Å². The number of sulfonamides is 1. The molecule has 2 aromatic rings. The standard InChI is InChI=1S/C20H24N2O5S/c1-25-19-8-7-18(12-20(19)26-2)28(23,24)22-14-5-6-15(22)11-17(10-14)27-16-4-3-9-21-13-16/h3-4,7-9,12-15,17H,5-6,10-11H2,1-2H3. The van der Waals surface area contributed by atoms with Crippen LogP contribution in [0.4, 0.5) is 0 Å². The summed E-state index contributed by atoms with van der Waals surface area (Å²) in [4.78, 5) is 4.31. The predicted octanol–water partition coefficient (Wildman–Crippen LogP) is 2.86. The molecule has 1 aromatic heterocycles. The van der Waals surface area contributed by atoms with Crippen molar-refractivity contribution in [2.24, 2.45) is 0 Å². The van der Waals surface area contributed by atoms with Gasteiger partial charge in [0.2, 0.25) is 10.0 Å². The molecule has 1 aromatic carbocycles. The van der Waals surface area contributed by atoms with E-state index in [-0.39, 0.29) is 23.1 Å². The molecule has 0 spiro atoms. The Morgan fingerprint density at radius 3 is 2.36 bits per heavy atom. The summed E-state index contributed by atoms with van der Waals surface area (Å²) < 4.78 is 44.9. The van der Waals surface area contributed by atoms with Gasteiger partial charge in [0.25, 0.3) is 0 Å². The summed E-state index contributed by atoms with van der Waals surface area (Å²) >= 11 is 0. The second-order valence-corrected chi connectivity index (χ2v) is 8.98. The third kappa shape index (κ3) is 3.42. The first-order valence-corrected chi connectivity index (χ1v) is 10.8. The lowest BCUT2D eigenvalue weighted by atomic mass is 10.0. The maximum absolute atomic E-state index is 13.4. The van der Waals surface area contributed by atoms with Gasteiger partial charge in [-0.1, -0.05) is 0 Å². The minimum atomic E-state index is -3.62. The average molecular weight is 404 g/mol. The van der Waals surface area contributed by atoms with Crippen molar-refractivity contribution in [3.63, 3.8) is 0 Å². The lowest BCUT2D eigenvalue weighted by Crippen LogP contribution is -2.49. The van der Waals surface area contributed by atoms with Crippen molar-refractivity contribution >= 4 is 10.0 Å². The molecule has 7 nitrogen and oxygen atoms in total. The molecule has 2 aliphatic heterocycles. The molecule has 0 saturated carbocycles. The van der Waals surface area contributed by atoms with E-state index in [0.717, 1.165) is 18.6 Å². The Kier molecular flexibility index (Phi) is 5.16. The molecule has 2 aliphatic rings. The fourth-order valence-electron chi connectivity index (χ4n) is 4.28. The van der Waals surface area contributed by atoms with Crippen LogP contribution < -0.4 is 14.2 Å². The Balaban J connectivity index is 1.55. The minimum absolute atomic E-state index is 0.00134. The van der Waals surface area contributed by atoms with Crippen molar-refractivity contribution in [2.45, 2.75) is 48.8 Å². The highest BCUT2D eigenvalue weighted by molar-refractivity contribution is 7.89. The summed E-state index contributed by atoms with van der Waals surface area (Å²) in [7, 11) is -0.596. The Morgan fingerprint density at radius 2 is 1.75 bits per heavy atom. The molecule has 0 aliphatic carbocycles. The first kappa shape index (κ1) is 19.0. The van der Waals surface area contributed by atoms with Gasteiger partial charge in [-0.2, -0.15) is 4.31 Å². The predicted molar refractivity (Wildman–Crippen MR) is 103 cm³/mol. The largest absolute Gasteiger partial charge is 0.493 e. The molecule has 4 rings (SSSR count). The van der Waals surface area contributed by atoms with Crippen LogP contribution in [0.2, 0.25) is 0 Å². The van der Waals surface area contributed by atoms with Gasteiger partial charge in [-0.05, 0) is 37.1 Å². The Morgan fingerprint density at radius 1 is 1.04 bits per heavy atom. The van der Waals surface area contributed by atoms with Crippen molar-refractivity contribution in [3.05, 3.63) is 42.7 Å². The maximum atomic E-state index is 13.4. The van der Waals surface area contributed by atoms with Crippen LogP contribution in [0, 0.1) is 0 Å². The second kappa shape index (κ2) is 7.60. The van der Waals surface area contributed by atoms with Crippen LogP contribution >= 0.6 is 0 Å². The number of benzene rings is 1. The number of piperidine rings is 1. The molecule has 28 heavy (non-hydrogen) atoms. The smallest absolute Gasteiger partial charge is 0.243 e. The Hall–Kier alpha value is -2.32. The summed E-state index contributed by atoms with van der Waals surface area (Å²) in [5.41, 5.74) is 0. The molecule has 3 heterocycles. The minimum Gasteiger partial charge on any atom is -0.493 e. The molecule has 0 amide bonds. The van der Waals surface area contributed by atoms with E-state index < -0.39 is 10.0 Å². The molecule has 2 fully saturated rings. The van der Waals surface area contributed by atoms with E-state index in [1.807, 2.05) is 12.1 Å². The first-order chi connectivity index (χ1) is 13.5. The fourth-order valence-corrected chi connectivity index (χ4v) is 6.19. The molecule has 2 bridgehead atoms. The van der Waals surface area contributed by atoms with Gasteiger partial charge in [0.05, 0.1) is 25.3 Å². The molecule has 0 radical (unpaired) electrons. The summed E-state index contributed by atoms with van der Waals surface area (Å²) in [6.07, 6.45) is 6.45. The van der Waals surface area contributed by atoms with Crippen LogP contribution in [0.25, 0.3) is 0 Å². The number of hydrogen-bond acceptors (Lipinski definition) is 6. The van der Waals surface area contributed by atoms with Crippen LogP contribution in [-0.2, 0) is 10.0 Å². The van der Waals surface area contributed by atoms with E-state index in [9.17, 15) is 8.42 Å². The number of fused-ring (bicyclic) bond motifs is 2. The van der Waals surface area contributed by atoms with Crippen molar-refractivity contribution in [1.29, 1.82) is 0 Å². The second-order valence-electron chi connectivity index (χ2n) is 7.14. The number of aromatic nitrogens is 1. The van der Waals surface area contributed by atoms with Crippen LogP contribution in [0.1, 0.15) is 25.7 Å². The van der Waals surface area contributed by atoms with E-state index >= 15 is 0 Å². The zero-order valence-electron chi connectivity index (χ0n) is 15.9. The maximum Gasteiger partial charge on any atom is 0.243 e. The number of nitrogens with zero attached hydrogens (tertiary/aromatic N) is 2. The van der Waals surface area contributed by atoms with Gasteiger partial charge in [-0.15, -0.1) is 0 Å². The monoisotopic (exact) mass is 404 g/mol. The number of methoxy groups -OCH3 is 2. The number of pyridine rings is 1. The van der Waals surface area contributed by atoms with Gasteiger partial charge in [0, 0.05) is 37.2 Å². The summed E-state index contributed by atoms with van der Waals surface area (Å²) in [6, 6.07) is 8.34. The molecule has 2 unspecified atom stereocenters. The highest BCUT2D eigenvalue weighted by Gasteiger charge is 2.48. The normalized spacial score (nSPS) is 24.7. The summed E-state index contributed by atoms with van der Waals surface area (Å²) in [5, 5.41) is 0. The lowest BCUT2D eigenvalue weighted by Gasteiger charge is -2.37. The number of hydrogen-bond donors (Lipinski definition) is 0. The number of ether oxygens (including phenoxy) is 3. The highest BCUT2D eigenvalue weighted by Crippen LogP contribution is 2.42. The molecule has 0 N–H and O–H groups in total. The Bertz CT molecular complexity index is 921. The van der Waals surface area contributed by atoms with E-state index in [4.69, 9.17) is 14.2 Å². The van der Waals surface area contributed by atoms with Gasteiger partial charge < -0.3 is 14.2 Å². The molecule has 2 saturated heterocycles. The van der Waals surface area contributed by atoms with Crippen molar-refractivity contribution in [3.8, 4) is 17.2 Å². The molecule has 2 atom stereocenters. The van der Waals surface area contributed by atoms with Crippen molar-refractivity contribution in [2.75, 3.05) is 14.2 Å². The zero-order chi connectivity index (χ0) is 19.7. The van der Waals surface area contributed by atoms with Crippen LogP contribution in [0.15, 0.2) is 47.6 Å². The fraction of sp³-hybridized carbons (Fsp3) is 0.450. The van der Waals surface area contributed by atoms with Crippen LogP contribution in [0.5, 0.6) is 17.2 Å². The first-order valence-electron chi connectivity index (χ1n) is 9.35. The van der Waals surface area contributed by atoms with Gasteiger partial charge in [-0.3, -0.25) is 4.98 Å². The van der Waals surface area contributed by atoms with E-state index in [2.05, 4.69) is 4.98 Å². The average Bonchev–Trinajstić information content (AvgIpc) is 3.00. The highest BCUT2D eigenvalue weighted by atomic mass is 32.2. The molecule has 8 heteroatoms. The molecule has 150 valence electrons. The third-order valence-corrected chi connectivity index (χ3v) is 7.49. The van der Waals surface area contributed by atoms with Crippen LogP contribution in [-0.4, -0.2) is 50.1 Å². The van der Waals surface area contributed by atoms with Crippen molar-refractivity contribution in [1.82, 2.24) is 9.29 Å². The van der Waals surface area contributed by atoms with Crippen molar-refractivity contribution < 1.29 is 22.6 Å². The van der Waals surface area contributed by atoms with E-state index in [1.165, 1.54) is 20.3 Å². The quantitative estimate of drug-likeness (QED) is 0.737. The lowest BCUT2D eigenvalue weighted by molar-refractivity contribution is 0.0953. The summed E-state index contributed by atoms with van der Waals surface area (Å²) in [5.74, 6) is 1.64.